The lowest BCUT2D eigenvalue weighted by Crippen LogP contribution is -2.28. The Morgan fingerprint density at radius 1 is 1.25 bits per heavy atom. The summed E-state index contributed by atoms with van der Waals surface area (Å²) >= 11 is 0. The van der Waals surface area contributed by atoms with Gasteiger partial charge in [0.15, 0.2) is 0 Å². The number of benzene rings is 1. The van der Waals surface area contributed by atoms with Crippen LogP contribution in [0.1, 0.15) is 39.2 Å². The van der Waals surface area contributed by atoms with Crippen molar-refractivity contribution in [3.05, 3.63) is 29.8 Å². The molecule has 0 heterocycles. The molecule has 1 unspecified atom stereocenters. The second-order valence-corrected chi connectivity index (χ2v) is 7.90. The number of nitrogens with one attached hydrogen (secondary N) is 2. The van der Waals surface area contributed by atoms with Gasteiger partial charge in [-0.2, -0.15) is 0 Å². The van der Waals surface area contributed by atoms with Crippen LogP contribution < -0.4 is 10.0 Å². The first-order chi connectivity index (χ1) is 9.35. The predicted molar refractivity (Wildman–Crippen MR) is 80.9 cm³/mol. The minimum absolute atomic E-state index is 0.0680. The van der Waals surface area contributed by atoms with Crippen LogP contribution in [0.25, 0.3) is 0 Å². The van der Waals surface area contributed by atoms with Gasteiger partial charge in [-0.1, -0.05) is 32.9 Å². The lowest BCUT2D eigenvalue weighted by Gasteiger charge is -2.09. The van der Waals surface area contributed by atoms with E-state index in [2.05, 4.69) is 30.8 Å². The van der Waals surface area contributed by atoms with Gasteiger partial charge in [0.1, 0.15) is 0 Å². The first-order valence-electron chi connectivity index (χ1n) is 7.17. The van der Waals surface area contributed by atoms with Crippen molar-refractivity contribution in [2.75, 3.05) is 6.54 Å². The number of hydrogen-bond acceptors (Lipinski definition) is 3. The Balaban J connectivity index is 1.98. The third-order valence-corrected chi connectivity index (χ3v) is 5.29. The van der Waals surface area contributed by atoms with E-state index < -0.39 is 10.0 Å². The summed E-state index contributed by atoms with van der Waals surface area (Å²) in [6, 6.07) is 7.17. The van der Waals surface area contributed by atoms with Gasteiger partial charge in [-0.3, -0.25) is 0 Å². The van der Waals surface area contributed by atoms with Gasteiger partial charge in [0, 0.05) is 12.6 Å². The van der Waals surface area contributed by atoms with Crippen LogP contribution in [0, 0.1) is 5.41 Å². The van der Waals surface area contributed by atoms with Gasteiger partial charge in [0.25, 0.3) is 0 Å². The Morgan fingerprint density at radius 3 is 2.35 bits per heavy atom. The second-order valence-electron chi connectivity index (χ2n) is 6.19. The van der Waals surface area contributed by atoms with Gasteiger partial charge in [0.05, 0.1) is 4.90 Å². The van der Waals surface area contributed by atoms with Crippen LogP contribution in [0.15, 0.2) is 29.2 Å². The third-order valence-electron chi connectivity index (χ3n) is 3.80. The average Bonchev–Trinajstić information content (AvgIpc) is 2.96. The summed E-state index contributed by atoms with van der Waals surface area (Å²) < 4.78 is 27.2. The Bertz CT molecular complexity index is 550. The molecule has 1 aliphatic rings. The van der Waals surface area contributed by atoms with Crippen LogP contribution >= 0.6 is 0 Å². The van der Waals surface area contributed by atoms with Crippen molar-refractivity contribution in [3.8, 4) is 0 Å². The highest BCUT2D eigenvalue weighted by Gasteiger charge is 2.47. The van der Waals surface area contributed by atoms with Crippen molar-refractivity contribution >= 4 is 10.0 Å². The lowest BCUT2D eigenvalue weighted by atomic mass is 10.2. The number of rotatable bonds is 7. The molecule has 1 atom stereocenters. The highest BCUT2D eigenvalue weighted by Crippen LogP contribution is 2.45. The quantitative estimate of drug-likeness (QED) is 0.759. The van der Waals surface area contributed by atoms with Crippen LogP contribution in [-0.4, -0.2) is 21.0 Å². The maximum absolute atomic E-state index is 12.2. The molecule has 1 aromatic rings. The van der Waals surface area contributed by atoms with Gasteiger partial charge < -0.3 is 5.32 Å². The molecule has 1 aromatic carbocycles. The average molecular weight is 296 g/mol. The van der Waals surface area contributed by atoms with E-state index in [0.29, 0.717) is 4.90 Å². The molecule has 0 amide bonds. The molecule has 20 heavy (non-hydrogen) atoms. The van der Waals surface area contributed by atoms with Crippen LogP contribution in [0.2, 0.25) is 0 Å². The standard InChI is InChI=1S/C15H24N2O2S/c1-4-9-16-11-12-5-7-13(8-6-12)20(18,19)17-14-10-15(14,2)3/h5-8,14,16-17H,4,9-11H2,1-3H3. The van der Waals surface area contributed by atoms with Gasteiger partial charge in [0.2, 0.25) is 10.0 Å². The highest BCUT2D eigenvalue weighted by atomic mass is 32.2. The zero-order chi connectivity index (χ0) is 14.8. The topological polar surface area (TPSA) is 58.2 Å². The van der Waals surface area contributed by atoms with Crippen molar-refractivity contribution in [1.82, 2.24) is 10.0 Å². The Hall–Kier alpha value is -0.910. The fourth-order valence-corrected chi connectivity index (χ4v) is 3.53. The Labute approximate surface area is 122 Å². The monoisotopic (exact) mass is 296 g/mol. The molecule has 112 valence electrons. The molecule has 1 saturated carbocycles. The molecule has 0 spiro atoms. The van der Waals surface area contributed by atoms with E-state index in [-0.39, 0.29) is 11.5 Å². The summed E-state index contributed by atoms with van der Waals surface area (Å²) in [5.41, 5.74) is 1.20. The molecule has 0 aliphatic heterocycles. The molecular weight excluding hydrogens is 272 g/mol. The molecule has 2 rings (SSSR count). The first kappa shape index (κ1) is 15.5. The van der Waals surface area contributed by atoms with Gasteiger partial charge >= 0.3 is 0 Å². The highest BCUT2D eigenvalue weighted by molar-refractivity contribution is 7.89. The molecule has 1 fully saturated rings. The summed E-state index contributed by atoms with van der Waals surface area (Å²) in [7, 11) is -3.38. The normalized spacial score (nSPS) is 20.9. The van der Waals surface area contributed by atoms with Gasteiger partial charge in [-0.05, 0) is 42.5 Å². The Morgan fingerprint density at radius 2 is 1.85 bits per heavy atom. The van der Waals surface area contributed by atoms with Crippen LogP contribution in [0.4, 0.5) is 0 Å². The number of hydrogen-bond donors (Lipinski definition) is 2. The van der Waals surface area contributed by atoms with E-state index in [0.717, 1.165) is 31.5 Å². The molecule has 1 aliphatic carbocycles. The summed E-state index contributed by atoms with van der Waals surface area (Å²) in [6.07, 6.45) is 2.00. The van der Waals surface area contributed by atoms with E-state index in [1.807, 2.05) is 12.1 Å². The van der Waals surface area contributed by atoms with Crippen molar-refractivity contribution in [3.63, 3.8) is 0 Å². The molecule has 0 aromatic heterocycles. The summed E-state index contributed by atoms with van der Waals surface area (Å²) in [5.74, 6) is 0. The van der Waals surface area contributed by atoms with E-state index in [4.69, 9.17) is 0 Å². The maximum Gasteiger partial charge on any atom is 0.240 e. The predicted octanol–water partition coefficient (Wildman–Crippen LogP) is 2.26. The van der Waals surface area contributed by atoms with Crippen molar-refractivity contribution in [2.45, 2.75) is 51.1 Å². The summed E-state index contributed by atoms with van der Waals surface area (Å²) in [4.78, 5) is 0.347. The second kappa shape index (κ2) is 5.84. The van der Waals surface area contributed by atoms with Gasteiger partial charge in [-0.15, -0.1) is 0 Å². The van der Waals surface area contributed by atoms with E-state index >= 15 is 0 Å². The summed E-state index contributed by atoms with van der Waals surface area (Å²) in [5, 5.41) is 3.30. The largest absolute Gasteiger partial charge is 0.313 e. The van der Waals surface area contributed by atoms with E-state index in [9.17, 15) is 8.42 Å². The molecule has 0 radical (unpaired) electrons. The van der Waals surface area contributed by atoms with Crippen LogP contribution in [0.5, 0.6) is 0 Å². The molecule has 0 saturated heterocycles. The maximum atomic E-state index is 12.2. The fraction of sp³-hybridized carbons (Fsp3) is 0.600. The fourth-order valence-electron chi connectivity index (χ4n) is 2.12. The zero-order valence-electron chi connectivity index (χ0n) is 12.4. The summed E-state index contributed by atoms with van der Waals surface area (Å²) in [6.45, 7) is 8.01. The lowest BCUT2D eigenvalue weighted by molar-refractivity contribution is 0.555. The molecule has 2 N–H and O–H groups in total. The van der Waals surface area contributed by atoms with Crippen molar-refractivity contribution in [2.24, 2.45) is 5.41 Å². The molecular formula is C15H24N2O2S. The minimum atomic E-state index is -3.38. The molecule has 5 heteroatoms. The van der Waals surface area contributed by atoms with E-state index in [1.165, 1.54) is 0 Å². The van der Waals surface area contributed by atoms with Crippen LogP contribution in [-0.2, 0) is 16.6 Å². The minimum Gasteiger partial charge on any atom is -0.313 e. The van der Waals surface area contributed by atoms with Crippen molar-refractivity contribution < 1.29 is 8.42 Å². The molecule has 0 bridgehead atoms. The van der Waals surface area contributed by atoms with Gasteiger partial charge in [-0.25, -0.2) is 13.1 Å². The smallest absolute Gasteiger partial charge is 0.240 e. The zero-order valence-corrected chi connectivity index (χ0v) is 13.3. The number of sulfonamides is 1. The van der Waals surface area contributed by atoms with E-state index in [1.54, 1.807) is 12.1 Å². The SMILES string of the molecule is CCCNCc1ccc(S(=O)(=O)NC2CC2(C)C)cc1. The Kier molecular flexibility index (Phi) is 4.52. The van der Waals surface area contributed by atoms with Crippen molar-refractivity contribution in [1.29, 1.82) is 0 Å². The third kappa shape index (κ3) is 3.81. The van der Waals surface area contributed by atoms with Crippen LogP contribution in [0.3, 0.4) is 0 Å². The molecule has 4 nitrogen and oxygen atoms in total. The first-order valence-corrected chi connectivity index (χ1v) is 8.65.